The fourth-order valence-corrected chi connectivity index (χ4v) is 0. The van der Waals surface area contributed by atoms with Crippen molar-refractivity contribution in [1.29, 1.82) is 0 Å². The van der Waals surface area contributed by atoms with E-state index in [9.17, 15) is 0 Å². The monoisotopic (exact) mass is 110 g/mol. The molecule has 0 aliphatic heterocycles. The van der Waals surface area contributed by atoms with Crippen LogP contribution in [-0.4, -0.2) is 6.26 Å². The largest absolute Gasteiger partial charge is 0.183 e. The summed E-state index contributed by atoms with van der Waals surface area (Å²) in [6, 6.07) is 0. The van der Waals surface area contributed by atoms with E-state index in [1.54, 1.807) is 6.26 Å². The number of halogens is 1. The number of thiol groups is 1. The molecule has 0 saturated heterocycles. The van der Waals surface area contributed by atoms with Gasteiger partial charge in [-0.25, -0.2) is 0 Å². The Morgan fingerprint density at radius 2 is 1.80 bits per heavy atom. The maximum absolute atomic E-state index is 4.76. The van der Waals surface area contributed by atoms with Crippen LogP contribution in [0.25, 0.3) is 0 Å². The molecule has 0 amide bonds. The van der Waals surface area contributed by atoms with Gasteiger partial charge in [-0.05, 0) is 11.8 Å². The third kappa shape index (κ3) is 172. The minimum atomic E-state index is 1.22. The molecule has 0 N–H and O–H groups in total. The third-order valence-electron chi connectivity index (χ3n) is 0. The Kier molecular flexibility index (Phi) is 47.5. The quantitative estimate of drug-likeness (QED) is 0.453. The van der Waals surface area contributed by atoms with E-state index in [4.69, 9.17) is 11.6 Å². The molecule has 0 atom stereocenters. The zero-order valence-electron chi connectivity index (χ0n) is 3.11. The Hall–Kier alpha value is 0.380. The van der Waals surface area contributed by atoms with Crippen molar-refractivity contribution in [1.82, 2.24) is 0 Å². The average molecular weight is 111 g/mol. The first-order valence-electron chi connectivity index (χ1n) is 1.07. The molecule has 0 bridgehead atoms. The molecular weight excluding hydrogens is 104 g/mol. The van der Waals surface area contributed by atoms with Crippen LogP contribution < -0.4 is 0 Å². The summed E-state index contributed by atoms with van der Waals surface area (Å²) in [5.74, 6) is 0. The molecule has 0 radical (unpaired) electrons. The minimum Gasteiger partial charge on any atom is -0.183 e. The zero-order valence-corrected chi connectivity index (χ0v) is 4.76. The molecular formula is C3H7ClS. The minimum absolute atomic E-state index is 1.22. The molecule has 0 fully saturated rings. The topological polar surface area (TPSA) is 0 Å². The van der Waals surface area contributed by atoms with E-state index in [1.807, 2.05) is 0 Å². The third-order valence-corrected chi connectivity index (χ3v) is 0. The van der Waals surface area contributed by atoms with Gasteiger partial charge in [0.2, 0.25) is 0 Å². The van der Waals surface area contributed by atoms with Gasteiger partial charge in [0.15, 0.2) is 0 Å². The molecule has 0 rings (SSSR count). The summed E-state index contributed by atoms with van der Waals surface area (Å²) in [5.41, 5.74) is 1.22. The second kappa shape index (κ2) is 26.3. The summed E-state index contributed by atoms with van der Waals surface area (Å²) >= 11 is 8.29. The van der Waals surface area contributed by atoms with Gasteiger partial charge < -0.3 is 0 Å². The molecule has 0 nitrogen and oxygen atoms in total. The lowest BCUT2D eigenvalue weighted by Gasteiger charge is -1.27. The number of hydrogen-bond donors (Lipinski definition) is 1. The van der Waals surface area contributed by atoms with Crippen molar-refractivity contribution >= 4 is 24.2 Å². The van der Waals surface area contributed by atoms with Crippen molar-refractivity contribution in [3.63, 3.8) is 0 Å². The van der Waals surface area contributed by atoms with Crippen LogP contribution in [0.3, 0.4) is 0 Å². The fraction of sp³-hybridized carbons (Fsp3) is 0.333. The fourth-order valence-electron chi connectivity index (χ4n) is 0. The molecule has 0 aromatic heterocycles. The predicted octanol–water partition coefficient (Wildman–Crippen LogP) is 1.91. The highest BCUT2D eigenvalue weighted by molar-refractivity contribution is 7.79. The molecule has 5 heavy (non-hydrogen) atoms. The summed E-state index contributed by atoms with van der Waals surface area (Å²) in [7, 11) is 0. The standard InChI is InChI=1S/C2H3Cl.CH4S/c1-2-3;1-2/h2H,1H2;2H,1H3. The SMILES string of the molecule is C=CCl.CS. The Morgan fingerprint density at radius 3 is 1.80 bits per heavy atom. The highest BCUT2D eigenvalue weighted by atomic mass is 35.5. The second-order valence-electron chi connectivity index (χ2n) is 0.154. The van der Waals surface area contributed by atoms with E-state index in [1.165, 1.54) is 5.54 Å². The molecule has 0 aliphatic rings. The van der Waals surface area contributed by atoms with Crippen LogP contribution in [0.15, 0.2) is 12.1 Å². The van der Waals surface area contributed by atoms with E-state index in [2.05, 4.69) is 19.2 Å². The Morgan fingerprint density at radius 1 is 1.80 bits per heavy atom. The summed E-state index contributed by atoms with van der Waals surface area (Å²) < 4.78 is 0. The van der Waals surface area contributed by atoms with Crippen molar-refractivity contribution in [2.24, 2.45) is 0 Å². The molecule has 0 unspecified atom stereocenters. The van der Waals surface area contributed by atoms with Gasteiger partial charge in [-0.3, -0.25) is 0 Å². The average Bonchev–Trinajstić information content (AvgIpc) is 1.46. The Labute approximate surface area is 43.2 Å². The maximum Gasteiger partial charge on any atom is -0.00296 e. The predicted molar refractivity (Wildman–Crippen MR) is 31.0 cm³/mol. The molecule has 2 heteroatoms. The number of rotatable bonds is 0. The summed E-state index contributed by atoms with van der Waals surface area (Å²) in [5, 5.41) is 0. The van der Waals surface area contributed by atoms with E-state index in [-0.39, 0.29) is 0 Å². The lowest BCUT2D eigenvalue weighted by molar-refractivity contribution is 2.55. The Balaban J connectivity index is 0. The van der Waals surface area contributed by atoms with Crippen LogP contribution in [-0.2, 0) is 0 Å². The van der Waals surface area contributed by atoms with E-state index in [0.29, 0.717) is 0 Å². The van der Waals surface area contributed by atoms with Gasteiger partial charge in [0.25, 0.3) is 0 Å². The highest BCUT2D eigenvalue weighted by Gasteiger charge is 1.18. The smallest absolute Gasteiger partial charge is 0.00296 e. The second-order valence-corrected chi connectivity index (χ2v) is 0.463. The lowest BCUT2D eigenvalue weighted by Crippen LogP contribution is -0.926. The molecule has 0 saturated carbocycles. The van der Waals surface area contributed by atoms with Gasteiger partial charge in [-0.2, -0.15) is 12.6 Å². The van der Waals surface area contributed by atoms with Crippen molar-refractivity contribution in [2.45, 2.75) is 0 Å². The van der Waals surface area contributed by atoms with Crippen LogP contribution in [0.1, 0.15) is 0 Å². The van der Waals surface area contributed by atoms with Crippen LogP contribution in [0, 0.1) is 0 Å². The zero-order chi connectivity index (χ0) is 4.71. The molecule has 0 heterocycles. The Bertz CT molecular complexity index is 14.4. The van der Waals surface area contributed by atoms with Gasteiger partial charge in [0, 0.05) is 0 Å². The first-order chi connectivity index (χ1) is 2.41. The number of hydrogen-bond acceptors (Lipinski definition) is 1. The van der Waals surface area contributed by atoms with Crippen molar-refractivity contribution in [3.8, 4) is 0 Å². The van der Waals surface area contributed by atoms with Gasteiger partial charge in [0.1, 0.15) is 0 Å². The van der Waals surface area contributed by atoms with Gasteiger partial charge in [-0.15, -0.1) is 0 Å². The highest BCUT2D eigenvalue weighted by Crippen LogP contribution is 1.60. The molecule has 0 aliphatic carbocycles. The first-order valence-corrected chi connectivity index (χ1v) is 2.40. The van der Waals surface area contributed by atoms with Crippen LogP contribution in [0.5, 0.6) is 0 Å². The van der Waals surface area contributed by atoms with Crippen molar-refractivity contribution in [3.05, 3.63) is 12.1 Å². The van der Waals surface area contributed by atoms with Crippen LogP contribution >= 0.6 is 24.2 Å². The molecule has 32 valence electrons. The van der Waals surface area contributed by atoms with Crippen LogP contribution in [0.4, 0.5) is 0 Å². The van der Waals surface area contributed by atoms with Gasteiger partial charge in [-0.1, -0.05) is 18.2 Å². The summed E-state index contributed by atoms with van der Waals surface area (Å²) in [6.07, 6.45) is 1.69. The van der Waals surface area contributed by atoms with Crippen molar-refractivity contribution in [2.75, 3.05) is 6.26 Å². The lowest BCUT2D eigenvalue weighted by atomic mass is 11.3. The van der Waals surface area contributed by atoms with E-state index >= 15 is 0 Å². The molecule has 0 spiro atoms. The van der Waals surface area contributed by atoms with E-state index in [0.717, 1.165) is 0 Å². The first kappa shape index (κ1) is 9.03. The van der Waals surface area contributed by atoms with Gasteiger partial charge in [0.05, 0.1) is 0 Å². The normalized spacial score (nSPS) is 3.80. The van der Waals surface area contributed by atoms with E-state index < -0.39 is 0 Å². The summed E-state index contributed by atoms with van der Waals surface area (Å²) in [4.78, 5) is 0. The van der Waals surface area contributed by atoms with Crippen LogP contribution in [0.2, 0.25) is 0 Å². The van der Waals surface area contributed by atoms with Crippen molar-refractivity contribution < 1.29 is 0 Å². The molecule has 0 aromatic carbocycles. The summed E-state index contributed by atoms with van der Waals surface area (Å²) in [6.45, 7) is 3.13. The molecule has 0 aromatic rings. The van der Waals surface area contributed by atoms with Gasteiger partial charge >= 0.3 is 0 Å². The maximum atomic E-state index is 4.76.